The predicted octanol–water partition coefficient (Wildman–Crippen LogP) is 5.58. The Balaban J connectivity index is 1.64. The smallest absolute Gasteiger partial charge is 0.251 e. The quantitative estimate of drug-likeness (QED) is 0.678. The summed E-state index contributed by atoms with van der Waals surface area (Å²) < 4.78 is 0. The maximum absolute atomic E-state index is 12.9. The Kier molecular flexibility index (Phi) is 6.64. The zero-order chi connectivity index (χ0) is 22.1. The molecule has 0 aliphatic heterocycles. The molecule has 0 saturated heterocycles. The third-order valence-electron chi connectivity index (χ3n) is 6.83. The molecular weight excluding hydrogens is 372 g/mol. The average molecular weight is 413 g/mol. The minimum atomic E-state index is -0.0769. The molecule has 3 rings (SSSR count). The zero-order valence-electron chi connectivity index (χ0n) is 19.7. The minimum absolute atomic E-state index is 0.0769. The highest BCUT2D eigenvalue weighted by molar-refractivity contribution is 5.99. The van der Waals surface area contributed by atoms with Gasteiger partial charge in [-0.25, -0.2) is 0 Å². The predicted molar refractivity (Wildman–Crippen MR) is 123 cm³/mol. The fraction of sp³-hybridized carbons (Fsp3) is 0.692. The van der Waals surface area contributed by atoms with Gasteiger partial charge in [0.1, 0.15) is 0 Å². The molecule has 2 aliphatic rings. The molecule has 4 heteroatoms. The van der Waals surface area contributed by atoms with Gasteiger partial charge >= 0.3 is 0 Å². The lowest BCUT2D eigenvalue weighted by molar-refractivity contribution is 0.0871. The number of carbonyl (C=O) groups is 2. The number of amides is 2. The molecule has 166 valence electrons. The lowest BCUT2D eigenvalue weighted by Gasteiger charge is -2.39. The van der Waals surface area contributed by atoms with Crippen LogP contribution in [0.1, 0.15) is 101 Å². The fourth-order valence-electron chi connectivity index (χ4n) is 6.25. The minimum Gasteiger partial charge on any atom is -0.349 e. The van der Waals surface area contributed by atoms with Crippen molar-refractivity contribution in [1.82, 2.24) is 10.6 Å². The van der Waals surface area contributed by atoms with Crippen molar-refractivity contribution in [2.45, 2.75) is 92.2 Å². The molecule has 4 nitrogen and oxygen atoms in total. The highest BCUT2D eigenvalue weighted by atomic mass is 16.2. The summed E-state index contributed by atoms with van der Waals surface area (Å²) in [5.41, 5.74) is 1.64. The molecule has 0 spiro atoms. The van der Waals surface area contributed by atoms with Crippen molar-refractivity contribution in [1.29, 1.82) is 0 Å². The number of rotatable bonds is 4. The van der Waals surface area contributed by atoms with Gasteiger partial charge in [0.25, 0.3) is 11.8 Å². The second-order valence-corrected chi connectivity index (χ2v) is 11.7. The molecule has 30 heavy (non-hydrogen) atoms. The lowest BCUT2D eigenvalue weighted by Crippen LogP contribution is -2.43. The van der Waals surface area contributed by atoms with E-state index in [4.69, 9.17) is 0 Å². The van der Waals surface area contributed by atoms with Gasteiger partial charge < -0.3 is 10.6 Å². The van der Waals surface area contributed by atoms with Crippen molar-refractivity contribution >= 4 is 11.8 Å². The number of nitrogens with one attached hydrogen (secondary N) is 2. The number of hydrogen-bond acceptors (Lipinski definition) is 2. The van der Waals surface area contributed by atoms with Crippen LogP contribution in [0.25, 0.3) is 0 Å². The van der Waals surface area contributed by atoms with E-state index in [1.807, 2.05) is 6.07 Å². The second-order valence-electron chi connectivity index (χ2n) is 11.7. The van der Waals surface area contributed by atoms with Crippen LogP contribution >= 0.6 is 0 Å². The van der Waals surface area contributed by atoms with Crippen molar-refractivity contribution < 1.29 is 9.59 Å². The molecule has 1 aromatic rings. The van der Waals surface area contributed by atoms with Crippen LogP contribution < -0.4 is 10.6 Å². The molecule has 0 heterocycles. The van der Waals surface area contributed by atoms with E-state index in [0.717, 1.165) is 25.7 Å². The molecule has 2 N–H and O–H groups in total. The van der Waals surface area contributed by atoms with Gasteiger partial charge in [0.05, 0.1) is 0 Å². The topological polar surface area (TPSA) is 58.2 Å². The lowest BCUT2D eigenvalue weighted by atomic mass is 9.70. The first-order valence-corrected chi connectivity index (χ1v) is 11.6. The number of carbonyl (C=O) groups excluding carboxylic acids is 2. The number of hydrogen-bond donors (Lipinski definition) is 2. The van der Waals surface area contributed by atoms with E-state index in [2.05, 4.69) is 52.2 Å². The third kappa shape index (κ3) is 6.09. The van der Waals surface area contributed by atoms with Crippen LogP contribution in [-0.2, 0) is 0 Å². The van der Waals surface area contributed by atoms with Gasteiger partial charge in [-0.1, -0.05) is 47.6 Å². The van der Waals surface area contributed by atoms with Crippen molar-refractivity contribution in [3.63, 3.8) is 0 Å². The Morgan fingerprint density at radius 3 is 1.53 bits per heavy atom. The molecule has 0 aromatic heterocycles. The van der Waals surface area contributed by atoms with Crippen LogP contribution in [-0.4, -0.2) is 23.9 Å². The van der Waals surface area contributed by atoms with E-state index >= 15 is 0 Å². The summed E-state index contributed by atoms with van der Waals surface area (Å²) in [6, 6.07) is 7.54. The summed E-state index contributed by atoms with van der Waals surface area (Å²) in [5, 5.41) is 6.43. The van der Waals surface area contributed by atoms with Crippen LogP contribution in [0.2, 0.25) is 0 Å². The summed E-state index contributed by atoms with van der Waals surface area (Å²) >= 11 is 0. The molecule has 2 amide bonds. The van der Waals surface area contributed by atoms with Gasteiger partial charge in [-0.3, -0.25) is 9.59 Å². The van der Waals surface area contributed by atoms with Crippen LogP contribution in [0.4, 0.5) is 0 Å². The average Bonchev–Trinajstić information content (AvgIpc) is 2.58. The molecule has 0 radical (unpaired) electrons. The first kappa shape index (κ1) is 22.8. The molecule has 1 aromatic carbocycles. The maximum Gasteiger partial charge on any atom is 0.251 e. The normalized spacial score (nSPS) is 30.3. The molecule has 2 saturated carbocycles. The van der Waals surface area contributed by atoms with Gasteiger partial charge in [0.15, 0.2) is 0 Å². The zero-order valence-corrected chi connectivity index (χ0v) is 19.7. The molecule has 2 fully saturated rings. The largest absolute Gasteiger partial charge is 0.349 e. The molecular formula is C26H40N2O2. The summed E-state index contributed by atoms with van der Waals surface area (Å²) in [6.45, 7) is 13.6. The Hall–Kier alpha value is -1.84. The molecule has 2 aliphatic carbocycles. The van der Waals surface area contributed by atoms with Crippen molar-refractivity contribution in [2.75, 3.05) is 0 Å². The van der Waals surface area contributed by atoms with Crippen LogP contribution in [0, 0.1) is 22.7 Å². The second kappa shape index (κ2) is 8.72. The Bertz CT molecular complexity index is 722. The standard InChI is InChI=1S/C26H40N2O2/c1-17-10-21(15-25(3,4)13-17)27-23(29)19-8-7-9-20(12-19)24(30)28-22-11-18(2)14-26(5,6)16-22/h7-9,12,17-18,21-22H,10-11,13-16H2,1-6H3,(H,27,29)(H,28,30)/t17-,18-,21-,22+/m0/s1. The highest BCUT2D eigenvalue weighted by Crippen LogP contribution is 2.39. The molecule has 0 bridgehead atoms. The number of benzene rings is 1. The van der Waals surface area contributed by atoms with Crippen molar-refractivity contribution in [2.24, 2.45) is 22.7 Å². The fourth-order valence-corrected chi connectivity index (χ4v) is 6.25. The summed E-state index contributed by atoms with van der Waals surface area (Å²) in [5.74, 6) is 1.07. The van der Waals surface area contributed by atoms with E-state index in [1.165, 1.54) is 12.8 Å². The summed E-state index contributed by atoms with van der Waals surface area (Å²) in [6.07, 6.45) is 6.44. The summed E-state index contributed by atoms with van der Waals surface area (Å²) in [4.78, 5) is 25.8. The molecule has 4 atom stereocenters. The van der Waals surface area contributed by atoms with E-state index in [1.54, 1.807) is 18.2 Å². The van der Waals surface area contributed by atoms with Crippen LogP contribution in [0.3, 0.4) is 0 Å². The third-order valence-corrected chi connectivity index (χ3v) is 6.83. The highest BCUT2D eigenvalue weighted by Gasteiger charge is 2.34. The Morgan fingerprint density at radius 2 is 1.17 bits per heavy atom. The van der Waals surface area contributed by atoms with Gasteiger partial charge in [-0.05, 0) is 79.4 Å². The monoisotopic (exact) mass is 412 g/mol. The van der Waals surface area contributed by atoms with E-state index in [0.29, 0.717) is 23.0 Å². The first-order chi connectivity index (χ1) is 13.9. The van der Waals surface area contributed by atoms with E-state index in [9.17, 15) is 9.59 Å². The SMILES string of the molecule is C[C@H]1C[C@@H](NC(=O)c2cccc(C(=O)N[C@H]3C[C@H](C)CC(C)(C)C3)c2)CC(C)(C)C1. The van der Waals surface area contributed by atoms with Crippen molar-refractivity contribution in [3.8, 4) is 0 Å². The van der Waals surface area contributed by atoms with E-state index < -0.39 is 0 Å². The van der Waals surface area contributed by atoms with E-state index in [-0.39, 0.29) is 34.7 Å². The van der Waals surface area contributed by atoms with Crippen LogP contribution in [0.15, 0.2) is 24.3 Å². The Labute approximate surface area is 182 Å². The Morgan fingerprint density at radius 1 is 0.767 bits per heavy atom. The van der Waals surface area contributed by atoms with Crippen LogP contribution in [0.5, 0.6) is 0 Å². The van der Waals surface area contributed by atoms with Gasteiger partial charge in [0.2, 0.25) is 0 Å². The van der Waals surface area contributed by atoms with Gasteiger partial charge in [-0.15, -0.1) is 0 Å². The van der Waals surface area contributed by atoms with Crippen molar-refractivity contribution in [3.05, 3.63) is 35.4 Å². The van der Waals surface area contributed by atoms with Gasteiger partial charge in [0, 0.05) is 23.2 Å². The maximum atomic E-state index is 12.9. The molecule has 0 unspecified atom stereocenters. The first-order valence-electron chi connectivity index (χ1n) is 11.6. The summed E-state index contributed by atoms with van der Waals surface area (Å²) in [7, 11) is 0. The van der Waals surface area contributed by atoms with Gasteiger partial charge in [-0.2, -0.15) is 0 Å².